The van der Waals surface area contributed by atoms with Gasteiger partial charge in [0.2, 0.25) is 15.9 Å². The summed E-state index contributed by atoms with van der Waals surface area (Å²) in [6.07, 6.45) is 9.99. The molecule has 0 spiro atoms. The first-order chi connectivity index (χ1) is 11.1. The number of hydrogen-bond acceptors (Lipinski definition) is 3. The summed E-state index contributed by atoms with van der Waals surface area (Å²) < 4.78 is 27.2. The fourth-order valence-corrected chi connectivity index (χ4v) is 6.39. The summed E-state index contributed by atoms with van der Waals surface area (Å²) in [5, 5.41) is 0. The van der Waals surface area contributed by atoms with Crippen LogP contribution in [0.4, 0.5) is 0 Å². The van der Waals surface area contributed by atoms with Crippen LogP contribution in [0.1, 0.15) is 64.2 Å². The molecule has 0 bridgehead atoms. The second-order valence-corrected chi connectivity index (χ2v) is 9.47. The molecule has 0 N–H and O–H groups in total. The topological polar surface area (TPSA) is 57.7 Å². The summed E-state index contributed by atoms with van der Waals surface area (Å²) in [6, 6.07) is 0.250. The van der Waals surface area contributed by atoms with Crippen LogP contribution in [0.3, 0.4) is 0 Å². The number of amides is 1. The van der Waals surface area contributed by atoms with E-state index in [-0.39, 0.29) is 11.9 Å². The number of nitrogens with zero attached hydrogens (tertiary/aromatic N) is 2. The van der Waals surface area contributed by atoms with Gasteiger partial charge in [0.25, 0.3) is 0 Å². The van der Waals surface area contributed by atoms with E-state index in [2.05, 4.69) is 0 Å². The summed E-state index contributed by atoms with van der Waals surface area (Å²) in [7, 11) is -3.14. The van der Waals surface area contributed by atoms with Crippen LogP contribution in [-0.4, -0.2) is 55.0 Å². The van der Waals surface area contributed by atoms with Gasteiger partial charge in [0, 0.05) is 32.1 Å². The standard InChI is InChI=1S/C17H30N2O3S/c20-17-9-5-12-19(17)16-8-4-11-18(13-10-16)23(21,22)14-15-6-2-1-3-7-15/h15-16H,1-14H2. The van der Waals surface area contributed by atoms with Crippen molar-refractivity contribution < 1.29 is 13.2 Å². The van der Waals surface area contributed by atoms with E-state index in [1.165, 1.54) is 19.3 Å². The van der Waals surface area contributed by atoms with Crippen molar-refractivity contribution in [3.63, 3.8) is 0 Å². The van der Waals surface area contributed by atoms with E-state index >= 15 is 0 Å². The van der Waals surface area contributed by atoms with E-state index in [0.717, 1.165) is 45.1 Å². The molecular formula is C17H30N2O3S. The molecule has 2 heterocycles. The number of carbonyl (C=O) groups excluding carboxylic acids is 1. The lowest BCUT2D eigenvalue weighted by Crippen LogP contribution is -2.39. The third kappa shape index (κ3) is 4.27. The Balaban J connectivity index is 1.57. The Labute approximate surface area is 140 Å². The molecule has 1 unspecified atom stereocenters. The smallest absolute Gasteiger partial charge is 0.222 e. The largest absolute Gasteiger partial charge is 0.340 e. The third-order valence-corrected chi connectivity index (χ3v) is 7.82. The van der Waals surface area contributed by atoms with Crippen molar-refractivity contribution in [3.8, 4) is 0 Å². The van der Waals surface area contributed by atoms with E-state index < -0.39 is 10.0 Å². The first-order valence-corrected chi connectivity index (χ1v) is 10.9. The lowest BCUT2D eigenvalue weighted by molar-refractivity contribution is -0.129. The van der Waals surface area contributed by atoms with Gasteiger partial charge in [-0.3, -0.25) is 4.79 Å². The quantitative estimate of drug-likeness (QED) is 0.788. The molecule has 1 saturated carbocycles. The SMILES string of the molecule is O=C1CCCN1C1CCCN(S(=O)(=O)CC2CCCCC2)CC1. The maximum atomic E-state index is 12.7. The Bertz CT molecular complexity index is 514. The highest BCUT2D eigenvalue weighted by molar-refractivity contribution is 7.89. The van der Waals surface area contributed by atoms with E-state index in [1.807, 2.05) is 4.90 Å². The van der Waals surface area contributed by atoms with Gasteiger partial charge in [-0.15, -0.1) is 0 Å². The van der Waals surface area contributed by atoms with Crippen molar-refractivity contribution >= 4 is 15.9 Å². The summed E-state index contributed by atoms with van der Waals surface area (Å²) in [4.78, 5) is 13.9. The van der Waals surface area contributed by atoms with Crippen LogP contribution >= 0.6 is 0 Å². The number of hydrogen-bond donors (Lipinski definition) is 0. The van der Waals surface area contributed by atoms with Crippen molar-refractivity contribution in [2.45, 2.75) is 70.3 Å². The molecule has 5 nitrogen and oxygen atoms in total. The zero-order valence-corrected chi connectivity index (χ0v) is 14.9. The predicted molar refractivity (Wildman–Crippen MR) is 90.5 cm³/mol. The van der Waals surface area contributed by atoms with E-state index in [4.69, 9.17) is 0 Å². The molecule has 2 saturated heterocycles. The zero-order valence-electron chi connectivity index (χ0n) is 14.1. The van der Waals surface area contributed by atoms with Crippen LogP contribution in [0.15, 0.2) is 0 Å². The number of carbonyl (C=O) groups is 1. The average Bonchev–Trinajstić information content (AvgIpc) is 2.81. The molecule has 1 aliphatic carbocycles. The van der Waals surface area contributed by atoms with Crippen LogP contribution in [0.5, 0.6) is 0 Å². The minimum atomic E-state index is -3.14. The normalized spacial score (nSPS) is 29.0. The maximum Gasteiger partial charge on any atom is 0.222 e. The van der Waals surface area contributed by atoms with Gasteiger partial charge in [-0.05, 0) is 44.4 Å². The van der Waals surface area contributed by atoms with Crippen LogP contribution in [-0.2, 0) is 14.8 Å². The minimum absolute atomic E-state index is 0.250. The van der Waals surface area contributed by atoms with Gasteiger partial charge in [-0.1, -0.05) is 19.3 Å². The molecule has 6 heteroatoms. The van der Waals surface area contributed by atoms with Crippen LogP contribution < -0.4 is 0 Å². The molecule has 1 amide bonds. The fraction of sp³-hybridized carbons (Fsp3) is 0.941. The molecule has 3 rings (SSSR count). The summed E-state index contributed by atoms with van der Waals surface area (Å²) in [5.74, 6) is 0.946. The Hall–Kier alpha value is -0.620. The lowest BCUT2D eigenvalue weighted by atomic mass is 9.91. The maximum absolute atomic E-state index is 12.7. The minimum Gasteiger partial charge on any atom is -0.340 e. The monoisotopic (exact) mass is 342 g/mol. The highest BCUT2D eigenvalue weighted by Crippen LogP contribution is 2.28. The van der Waals surface area contributed by atoms with Gasteiger partial charge in [0.1, 0.15) is 0 Å². The first kappa shape index (κ1) is 17.2. The number of likely N-dealkylation sites (tertiary alicyclic amines) is 1. The molecule has 132 valence electrons. The highest BCUT2D eigenvalue weighted by Gasteiger charge is 2.33. The highest BCUT2D eigenvalue weighted by atomic mass is 32.2. The van der Waals surface area contributed by atoms with Gasteiger partial charge in [0.15, 0.2) is 0 Å². The van der Waals surface area contributed by atoms with Crippen LogP contribution in [0, 0.1) is 5.92 Å². The van der Waals surface area contributed by atoms with Crippen molar-refractivity contribution in [2.75, 3.05) is 25.4 Å². The average molecular weight is 343 g/mol. The second kappa shape index (κ2) is 7.51. The Morgan fingerprint density at radius 1 is 0.870 bits per heavy atom. The van der Waals surface area contributed by atoms with Crippen molar-refractivity contribution in [2.24, 2.45) is 5.92 Å². The fourth-order valence-electron chi connectivity index (χ4n) is 4.45. The molecule has 3 fully saturated rings. The van der Waals surface area contributed by atoms with Gasteiger partial charge >= 0.3 is 0 Å². The summed E-state index contributed by atoms with van der Waals surface area (Å²) in [6.45, 7) is 2.08. The summed E-state index contributed by atoms with van der Waals surface area (Å²) in [5.41, 5.74) is 0. The van der Waals surface area contributed by atoms with Crippen LogP contribution in [0.2, 0.25) is 0 Å². The van der Waals surface area contributed by atoms with Crippen molar-refractivity contribution in [3.05, 3.63) is 0 Å². The van der Waals surface area contributed by atoms with Gasteiger partial charge in [-0.25, -0.2) is 12.7 Å². The second-order valence-electron chi connectivity index (χ2n) is 7.46. The molecule has 23 heavy (non-hydrogen) atoms. The van der Waals surface area contributed by atoms with Crippen molar-refractivity contribution in [1.82, 2.24) is 9.21 Å². The molecular weight excluding hydrogens is 312 g/mol. The first-order valence-electron chi connectivity index (χ1n) is 9.33. The predicted octanol–water partition coefficient (Wildman–Crippen LogP) is 2.37. The summed E-state index contributed by atoms with van der Waals surface area (Å²) >= 11 is 0. The Kier molecular flexibility index (Phi) is 5.62. The third-order valence-electron chi connectivity index (χ3n) is 5.77. The Morgan fingerprint density at radius 2 is 1.65 bits per heavy atom. The molecule has 2 aliphatic heterocycles. The molecule has 1 atom stereocenters. The van der Waals surface area contributed by atoms with E-state index in [1.54, 1.807) is 4.31 Å². The van der Waals surface area contributed by atoms with Crippen molar-refractivity contribution in [1.29, 1.82) is 0 Å². The molecule has 0 aromatic heterocycles. The Morgan fingerprint density at radius 3 is 2.35 bits per heavy atom. The van der Waals surface area contributed by atoms with E-state index in [0.29, 0.717) is 31.2 Å². The van der Waals surface area contributed by atoms with Gasteiger partial charge in [-0.2, -0.15) is 0 Å². The van der Waals surface area contributed by atoms with Gasteiger partial charge < -0.3 is 4.90 Å². The molecule has 0 aromatic carbocycles. The van der Waals surface area contributed by atoms with Crippen LogP contribution in [0.25, 0.3) is 0 Å². The molecule has 3 aliphatic rings. The number of rotatable bonds is 4. The lowest BCUT2D eigenvalue weighted by Gasteiger charge is -2.27. The molecule has 0 aromatic rings. The van der Waals surface area contributed by atoms with Gasteiger partial charge in [0.05, 0.1) is 5.75 Å². The molecule has 0 radical (unpaired) electrons. The zero-order chi connectivity index (χ0) is 16.3. The number of sulfonamides is 1. The van der Waals surface area contributed by atoms with E-state index in [9.17, 15) is 13.2 Å².